The minimum Gasteiger partial charge on any atom is -0.469 e. The maximum Gasteiger partial charge on any atom is 0.308 e. The molecule has 2 saturated heterocycles. The zero-order valence-corrected chi connectivity index (χ0v) is 49.4. The van der Waals surface area contributed by atoms with Crippen molar-refractivity contribution in [3.8, 4) is 0 Å². The number of aliphatic hydroxyl groups is 1. The van der Waals surface area contributed by atoms with Crippen molar-refractivity contribution in [2.45, 2.75) is 192 Å². The molecular weight excluding hydrogens is 1050 g/mol. The Bertz CT molecular complexity index is 2740. The van der Waals surface area contributed by atoms with E-state index in [1.165, 1.54) is 21.0 Å². The molecule has 2 aliphatic heterocycles. The third kappa shape index (κ3) is 15.3. The third-order valence-electron chi connectivity index (χ3n) is 17.7. The fourth-order valence-corrected chi connectivity index (χ4v) is 13.0. The summed E-state index contributed by atoms with van der Waals surface area (Å²) in [5.41, 5.74) is 4.37. The molecule has 2 N–H and O–H groups in total. The molecule has 9 rings (SSSR count). The first-order valence-electron chi connectivity index (χ1n) is 30.2. The van der Waals surface area contributed by atoms with Gasteiger partial charge in [-0.1, -0.05) is 204 Å². The summed E-state index contributed by atoms with van der Waals surface area (Å²) in [6.45, 7) is 11.5. The second kappa shape index (κ2) is 29.4. The normalized spacial score (nSPS) is 29.1. The highest BCUT2D eigenvalue weighted by atomic mass is 16.7. The summed E-state index contributed by atoms with van der Waals surface area (Å²) in [5.74, 6) is -1.76. The fraction of sp³-hybridized carbons (Fsp3) is 0.522. The van der Waals surface area contributed by atoms with Gasteiger partial charge in [-0.15, -0.1) is 0 Å². The molecule has 2 saturated carbocycles. The van der Waals surface area contributed by atoms with Crippen molar-refractivity contribution in [3.05, 3.63) is 179 Å². The standard InChI is InChI=1S/C69H87NO13/c1-8-52-39-53(66(74)75-7)40-58(63(52)83-68-65(77-42-51-28-18-11-19-29-51)62(45(3)47(5)79-68)76-41-50-26-16-10-17-27-50)81-67-60(70-48(6)72)64(80-57(46(4)71)38-49-24-14-9-15-25-49)61(73)59(82-67)43-78-69(54-30-20-12-21-31-54,55-32-22-13-23-33-55)56-36-34-44(2)35-37-56/h10-13,16-23,26-37,45,47,49,52-53,57-65,67-68,73H,8-9,14-15,24-25,38-43H2,1-7H3,(H,70,72)/t45-,47?,52-,53?,57+,58-,59+,60?,61+,62+,63?,64?,65?,67-,68+/m1/s1. The van der Waals surface area contributed by atoms with E-state index < -0.39 is 90.8 Å². The molecule has 0 spiro atoms. The third-order valence-corrected chi connectivity index (χ3v) is 17.7. The van der Waals surface area contributed by atoms with Gasteiger partial charge in [0.05, 0.1) is 57.3 Å². The van der Waals surface area contributed by atoms with Crippen LogP contribution in [0, 0.1) is 30.6 Å². The number of ketones is 1. The number of hydrogen-bond acceptors (Lipinski definition) is 13. The molecule has 14 heteroatoms. The molecule has 0 aromatic heterocycles. The molecule has 6 unspecified atom stereocenters. The van der Waals surface area contributed by atoms with Crippen LogP contribution < -0.4 is 5.32 Å². The van der Waals surface area contributed by atoms with Gasteiger partial charge in [0.1, 0.15) is 42.2 Å². The van der Waals surface area contributed by atoms with E-state index in [1.807, 2.05) is 147 Å². The maximum absolute atomic E-state index is 13.8. The van der Waals surface area contributed by atoms with Crippen molar-refractivity contribution in [1.82, 2.24) is 5.32 Å². The Morgan fingerprint density at radius 3 is 1.80 bits per heavy atom. The van der Waals surface area contributed by atoms with Crippen LogP contribution >= 0.6 is 0 Å². The number of carbonyl (C=O) groups excluding carboxylic acids is 3. The zero-order chi connectivity index (χ0) is 58.5. The number of aliphatic hydroxyl groups excluding tert-OH is 1. The molecule has 0 bridgehead atoms. The van der Waals surface area contributed by atoms with E-state index in [-0.39, 0.29) is 49.3 Å². The molecule has 14 nitrogen and oxygen atoms in total. The number of aryl methyl sites for hydroxylation is 1. The van der Waals surface area contributed by atoms with Crippen LogP contribution in [0.5, 0.6) is 0 Å². The van der Waals surface area contributed by atoms with Crippen molar-refractivity contribution >= 4 is 17.7 Å². The van der Waals surface area contributed by atoms with Crippen molar-refractivity contribution in [2.24, 2.45) is 23.7 Å². The average molecular weight is 1140 g/mol. The molecule has 2 heterocycles. The van der Waals surface area contributed by atoms with E-state index in [1.54, 1.807) is 0 Å². The number of amides is 1. The lowest BCUT2D eigenvalue weighted by Gasteiger charge is -2.50. The molecule has 446 valence electrons. The highest BCUT2D eigenvalue weighted by molar-refractivity contribution is 5.80. The first-order chi connectivity index (χ1) is 40.3. The molecule has 4 fully saturated rings. The monoisotopic (exact) mass is 1140 g/mol. The Morgan fingerprint density at radius 2 is 1.24 bits per heavy atom. The molecule has 2 aliphatic carbocycles. The fourth-order valence-electron chi connectivity index (χ4n) is 13.0. The number of ether oxygens (including phenoxy) is 9. The van der Waals surface area contributed by atoms with Gasteiger partial charge in [-0.05, 0) is 79.7 Å². The number of rotatable bonds is 24. The predicted octanol–water partition coefficient (Wildman–Crippen LogP) is 11.1. The van der Waals surface area contributed by atoms with Gasteiger partial charge in [-0.3, -0.25) is 14.4 Å². The largest absolute Gasteiger partial charge is 0.469 e. The molecule has 4 aliphatic rings. The average Bonchev–Trinajstić information content (AvgIpc) is 3.26. The van der Waals surface area contributed by atoms with Crippen molar-refractivity contribution < 1.29 is 62.1 Å². The number of benzene rings is 5. The predicted molar refractivity (Wildman–Crippen MR) is 315 cm³/mol. The van der Waals surface area contributed by atoms with Gasteiger partial charge in [0.2, 0.25) is 5.91 Å². The number of Topliss-reactive ketones (excluding diaryl/α,β-unsaturated/α-hetero) is 1. The summed E-state index contributed by atoms with van der Waals surface area (Å²) in [4.78, 5) is 41.3. The molecule has 5 aromatic rings. The Labute approximate surface area is 491 Å². The van der Waals surface area contributed by atoms with E-state index >= 15 is 0 Å². The van der Waals surface area contributed by atoms with E-state index in [4.69, 9.17) is 42.6 Å². The van der Waals surface area contributed by atoms with Crippen LogP contribution in [0.4, 0.5) is 0 Å². The van der Waals surface area contributed by atoms with Gasteiger partial charge in [0.25, 0.3) is 0 Å². The smallest absolute Gasteiger partial charge is 0.308 e. The number of carbonyl (C=O) groups is 3. The quantitative estimate of drug-likeness (QED) is 0.0443. The summed E-state index contributed by atoms with van der Waals surface area (Å²) in [6, 6.07) is 46.9. The first kappa shape index (κ1) is 61.9. The lowest BCUT2D eigenvalue weighted by atomic mass is 9.76. The van der Waals surface area contributed by atoms with Crippen LogP contribution in [0.3, 0.4) is 0 Å². The van der Waals surface area contributed by atoms with Gasteiger partial charge < -0.3 is 53.1 Å². The van der Waals surface area contributed by atoms with E-state index in [9.17, 15) is 19.5 Å². The first-order valence-corrected chi connectivity index (χ1v) is 30.2. The van der Waals surface area contributed by atoms with E-state index in [2.05, 4.69) is 31.3 Å². The van der Waals surface area contributed by atoms with Crippen LogP contribution in [0.2, 0.25) is 0 Å². The van der Waals surface area contributed by atoms with Crippen molar-refractivity contribution in [3.63, 3.8) is 0 Å². The van der Waals surface area contributed by atoms with Gasteiger partial charge in [0, 0.05) is 12.8 Å². The van der Waals surface area contributed by atoms with Crippen LogP contribution in [-0.2, 0) is 75.8 Å². The minimum absolute atomic E-state index is 0.106. The highest BCUT2D eigenvalue weighted by Gasteiger charge is 2.54. The molecule has 5 aromatic carbocycles. The summed E-state index contributed by atoms with van der Waals surface area (Å²) in [7, 11) is 1.38. The molecule has 0 radical (unpaired) electrons. The van der Waals surface area contributed by atoms with Crippen LogP contribution in [0.15, 0.2) is 146 Å². The van der Waals surface area contributed by atoms with Crippen LogP contribution in [0.25, 0.3) is 0 Å². The summed E-state index contributed by atoms with van der Waals surface area (Å²) >= 11 is 0. The highest BCUT2D eigenvalue weighted by Crippen LogP contribution is 2.44. The molecular formula is C69H87NO13. The minimum atomic E-state index is -1.46. The van der Waals surface area contributed by atoms with Crippen LogP contribution in [-0.4, -0.2) is 110 Å². The van der Waals surface area contributed by atoms with E-state index in [0.29, 0.717) is 25.9 Å². The van der Waals surface area contributed by atoms with Gasteiger partial charge >= 0.3 is 5.97 Å². The van der Waals surface area contributed by atoms with Gasteiger partial charge in [0.15, 0.2) is 18.4 Å². The Morgan fingerprint density at radius 1 is 0.675 bits per heavy atom. The zero-order valence-electron chi connectivity index (χ0n) is 49.4. The summed E-state index contributed by atoms with van der Waals surface area (Å²) in [6.07, 6.45) is -3.45. The van der Waals surface area contributed by atoms with Gasteiger partial charge in [-0.25, -0.2) is 0 Å². The van der Waals surface area contributed by atoms with Crippen molar-refractivity contribution in [2.75, 3.05) is 13.7 Å². The van der Waals surface area contributed by atoms with Crippen molar-refractivity contribution in [1.29, 1.82) is 0 Å². The number of esters is 1. The summed E-state index contributed by atoms with van der Waals surface area (Å²) < 4.78 is 62.3. The lowest BCUT2D eigenvalue weighted by Crippen LogP contribution is -2.67. The number of hydrogen-bond donors (Lipinski definition) is 2. The second-order valence-corrected chi connectivity index (χ2v) is 23.5. The topological polar surface area (TPSA) is 167 Å². The Balaban J connectivity index is 1.11. The number of methoxy groups -OCH3 is 1. The number of nitrogens with one attached hydrogen (secondary N) is 1. The van der Waals surface area contributed by atoms with Gasteiger partial charge in [-0.2, -0.15) is 0 Å². The molecule has 1 amide bonds. The maximum atomic E-state index is 13.8. The molecule has 83 heavy (non-hydrogen) atoms. The van der Waals surface area contributed by atoms with Crippen LogP contribution in [0.1, 0.15) is 126 Å². The SMILES string of the molecule is CC[C@@H]1CC(C(=O)OC)C[C@@H](O[C@@H]2O[C@@H](COC(c3ccccc3)(c3ccccc3)c3ccc(C)cc3)[C@H](O)C(O[C@@H](CC3CCCCC3)C(C)=O)C2NC(C)=O)C1O[C@@H]1OC(C)[C@@H](C)[C@H](OCc2ccccc2)C1OCc1ccccc1. The second-order valence-electron chi connectivity index (χ2n) is 23.5. The Hall–Kier alpha value is -5.65. The van der Waals surface area contributed by atoms with E-state index in [0.717, 1.165) is 65.5 Å². The Kier molecular flexibility index (Phi) is 22.0. The lowest BCUT2D eigenvalue weighted by molar-refractivity contribution is -0.343. The summed E-state index contributed by atoms with van der Waals surface area (Å²) in [5, 5.41) is 16.0. The molecule has 15 atom stereocenters.